The van der Waals surface area contributed by atoms with Crippen LogP contribution >= 0.6 is 11.6 Å². The van der Waals surface area contributed by atoms with E-state index < -0.39 is 0 Å². The number of benzene rings is 2. The Kier molecular flexibility index (Phi) is 5.07. The van der Waals surface area contributed by atoms with E-state index in [1.165, 1.54) is 13.2 Å². The van der Waals surface area contributed by atoms with Crippen LogP contribution in [0.2, 0.25) is 0 Å². The van der Waals surface area contributed by atoms with Gasteiger partial charge in [-0.2, -0.15) is 0 Å². The lowest BCUT2D eigenvalue weighted by Crippen LogP contribution is -2.01. The van der Waals surface area contributed by atoms with Crippen molar-refractivity contribution in [1.29, 1.82) is 0 Å². The van der Waals surface area contributed by atoms with Gasteiger partial charge in [0, 0.05) is 5.88 Å². The normalized spacial score (nSPS) is 10.5. The molecule has 0 heterocycles. The molecule has 0 saturated heterocycles. The van der Waals surface area contributed by atoms with Crippen LogP contribution in [0.5, 0.6) is 11.5 Å². The van der Waals surface area contributed by atoms with Crippen molar-refractivity contribution < 1.29 is 13.9 Å². The fourth-order valence-corrected chi connectivity index (χ4v) is 2.45. The van der Waals surface area contributed by atoms with Crippen LogP contribution in [0.1, 0.15) is 22.3 Å². The van der Waals surface area contributed by atoms with Crippen molar-refractivity contribution in [2.75, 3.05) is 7.11 Å². The van der Waals surface area contributed by atoms with Gasteiger partial charge in [-0.25, -0.2) is 4.39 Å². The van der Waals surface area contributed by atoms with Crippen molar-refractivity contribution in [2.45, 2.75) is 26.3 Å². The highest BCUT2D eigenvalue weighted by Crippen LogP contribution is 2.27. The van der Waals surface area contributed by atoms with E-state index in [0.717, 1.165) is 28.0 Å². The number of hydrogen-bond donors (Lipinski definition) is 0. The van der Waals surface area contributed by atoms with Crippen LogP contribution in [0.25, 0.3) is 0 Å². The van der Waals surface area contributed by atoms with Crippen molar-refractivity contribution in [3.8, 4) is 11.5 Å². The Morgan fingerprint density at radius 2 is 1.71 bits per heavy atom. The SMILES string of the molecule is COc1ccc(COc2c(C)cc(CCl)cc2C)cc1F. The minimum atomic E-state index is -0.385. The predicted octanol–water partition coefficient (Wildman–Crippen LogP) is 4.77. The number of halogens is 2. The van der Waals surface area contributed by atoms with Gasteiger partial charge in [-0.05, 0) is 48.2 Å². The molecule has 2 aromatic carbocycles. The molecule has 0 atom stereocenters. The molecule has 0 spiro atoms. The van der Waals surface area contributed by atoms with E-state index in [2.05, 4.69) is 0 Å². The number of methoxy groups -OCH3 is 1. The van der Waals surface area contributed by atoms with Gasteiger partial charge in [0.2, 0.25) is 0 Å². The maximum atomic E-state index is 13.6. The molecule has 0 unspecified atom stereocenters. The van der Waals surface area contributed by atoms with Gasteiger partial charge < -0.3 is 9.47 Å². The summed E-state index contributed by atoms with van der Waals surface area (Å²) in [5, 5.41) is 0. The summed E-state index contributed by atoms with van der Waals surface area (Å²) in [5.41, 5.74) is 3.88. The van der Waals surface area contributed by atoms with Crippen LogP contribution in [0.4, 0.5) is 4.39 Å². The van der Waals surface area contributed by atoms with Gasteiger partial charge in [-0.15, -0.1) is 11.6 Å². The third kappa shape index (κ3) is 3.67. The number of hydrogen-bond acceptors (Lipinski definition) is 2. The second-order valence-electron chi connectivity index (χ2n) is 4.95. The fraction of sp³-hybridized carbons (Fsp3) is 0.294. The summed E-state index contributed by atoms with van der Waals surface area (Å²) in [6.45, 7) is 4.27. The molecule has 0 aliphatic rings. The minimum Gasteiger partial charge on any atom is -0.494 e. The van der Waals surface area contributed by atoms with E-state index in [4.69, 9.17) is 21.1 Å². The average Bonchev–Trinajstić information content (AvgIpc) is 2.46. The molecule has 2 rings (SSSR count). The van der Waals surface area contributed by atoms with Crippen molar-refractivity contribution in [2.24, 2.45) is 0 Å². The number of aryl methyl sites for hydroxylation is 2. The third-order valence-electron chi connectivity index (χ3n) is 3.27. The monoisotopic (exact) mass is 308 g/mol. The number of ether oxygens (including phenoxy) is 2. The van der Waals surface area contributed by atoms with E-state index >= 15 is 0 Å². The molecule has 21 heavy (non-hydrogen) atoms. The van der Waals surface area contributed by atoms with Gasteiger partial charge in [0.05, 0.1) is 7.11 Å². The van der Waals surface area contributed by atoms with Crippen molar-refractivity contribution in [3.63, 3.8) is 0 Å². The first-order valence-corrected chi connectivity index (χ1v) is 7.20. The summed E-state index contributed by atoms with van der Waals surface area (Å²) in [7, 11) is 1.44. The van der Waals surface area contributed by atoms with E-state index in [1.54, 1.807) is 12.1 Å². The molecule has 0 fully saturated rings. The lowest BCUT2D eigenvalue weighted by molar-refractivity contribution is 0.300. The first kappa shape index (κ1) is 15.6. The second-order valence-corrected chi connectivity index (χ2v) is 5.22. The Hall–Kier alpha value is -1.74. The number of rotatable bonds is 5. The highest BCUT2D eigenvalue weighted by molar-refractivity contribution is 6.17. The summed E-state index contributed by atoms with van der Waals surface area (Å²) >= 11 is 5.85. The zero-order chi connectivity index (χ0) is 15.4. The van der Waals surface area contributed by atoms with E-state index in [9.17, 15) is 4.39 Å². The minimum absolute atomic E-state index is 0.234. The highest BCUT2D eigenvalue weighted by Gasteiger charge is 2.08. The Labute approximate surface area is 129 Å². The molecule has 0 radical (unpaired) electrons. The van der Waals surface area contributed by atoms with E-state index in [0.29, 0.717) is 12.5 Å². The Morgan fingerprint density at radius 1 is 1.05 bits per heavy atom. The molecule has 0 saturated carbocycles. The largest absolute Gasteiger partial charge is 0.494 e. The highest BCUT2D eigenvalue weighted by atomic mass is 35.5. The van der Waals surface area contributed by atoms with Crippen LogP contribution in [0.15, 0.2) is 30.3 Å². The van der Waals surface area contributed by atoms with E-state index in [-0.39, 0.29) is 11.6 Å². The van der Waals surface area contributed by atoms with Gasteiger partial charge in [0.15, 0.2) is 11.6 Å². The molecule has 0 bridgehead atoms. The third-order valence-corrected chi connectivity index (χ3v) is 3.58. The quantitative estimate of drug-likeness (QED) is 0.741. The predicted molar refractivity (Wildman–Crippen MR) is 82.8 cm³/mol. The Bertz CT molecular complexity index is 618. The topological polar surface area (TPSA) is 18.5 Å². The molecular formula is C17H18ClFO2. The van der Waals surface area contributed by atoms with E-state index in [1.807, 2.05) is 26.0 Å². The van der Waals surface area contributed by atoms with Gasteiger partial charge in [0.25, 0.3) is 0 Å². The fourth-order valence-electron chi connectivity index (χ4n) is 2.30. The Morgan fingerprint density at radius 3 is 2.24 bits per heavy atom. The standard InChI is InChI=1S/C17H18ClFO2/c1-11-6-14(9-18)7-12(2)17(11)21-10-13-4-5-16(20-3)15(19)8-13/h4-8H,9-10H2,1-3H3. The lowest BCUT2D eigenvalue weighted by Gasteiger charge is -2.14. The summed E-state index contributed by atoms with van der Waals surface area (Å²) in [5.74, 6) is 1.15. The van der Waals surface area contributed by atoms with Crippen LogP contribution in [0, 0.1) is 19.7 Å². The maximum absolute atomic E-state index is 13.6. The van der Waals surface area contributed by atoms with Crippen LogP contribution in [-0.2, 0) is 12.5 Å². The second kappa shape index (κ2) is 6.81. The zero-order valence-corrected chi connectivity index (χ0v) is 13.1. The summed E-state index contributed by atoms with van der Waals surface area (Å²) in [6.07, 6.45) is 0. The summed E-state index contributed by atoms with van der Waals surface area (Å²) < 4.78 is 24.4. The van der Waals surface area contributed by atoms with Crippen molar-refractivity contribution in [3.05, 3.63) is 58.4 Å². The summed E-state index contributed by atoms with van der Waals surface area (Å²) in [4.78, 5) is 0. The number of alkyl halides is 1. The first-order valence-electron chi connectivity index (χ1n) is 6.66. The van der Waals surface area contributed by atoms with Gasteiger partial charge in [-0.1, -0.05) is 18.2 Å². The van der Waals surface area contributed by atoms with Crippen molar-refractivity contribution in [1.82, 2.24) is 0 Å². The lowest BCUT2D eigenvalue weighted by atomic mass is 10.1. The van der Waals surface area contributed by atoms with Crippen molar-refractivity contribution >= 4 is 11.6 Å². The molecule has 0 aliphatic heterocycles. The maximum Gasteiger partial charge on any atom is 0.165 e. The Balaban J connectivity index is 2.15. The molecule has 112 valence electrons. The first-order chi connectivity index (χ1) is 10.0. The molecule has 0 aromatic heterocycles. The van der Waals surface area contributed by atoms with Crippen LogP contribution in [-0.4, -0.2) is 7.11 Å². The van der Waals surface area contributed by atoms with Gasteiger partial charge in [-0.3, -0.25) is 0 Å². The molecule has 0 amide bonds. The smallest absolute Gasteiger partial charge is 0.165 e. The molecule has 0 aliphatic carbocycles. The van der Waals surface area contributed by atoms with Crippen LogP contribution < -0.4 is 9.47 Å². The zero-order valence-electron chi connectivity index (χ0n) is 12.4. The van der Waals surface area contributed by atoms with Crippen LogP contribution in [0.3, 0.4) is 0 Å². The molecule has 4 heteroatoms. The van der Waals surface area contributed by atoms with Gasteiger partial charge >= 0.3 is 0 Å². The average molecular weight is 309 g/mol. The summed E-state index contributed by atoms with van der Waals surface area (Å²) in [6, 6.07) is 8.83. The molecular weight excluding hydrogens is 291 g/mol. The molecule has 0 N–H and O–H groups in total. The molecule has 2 nitrogen and oxygen atoms in total. The molecule has 2 aromatic rings. The van der Waals surface area contributed by atoms with Gasteiger partial charge in [0.1, 0.15) is 12.4 Å².